The van der Waals surface area contributed by atoms with Gasteiger partial charge in [0.1, 0.15) is 12.4 Å². The molecule has 2 N–H and O–H groups in total. The van der Waals surface area contributed by atoms with Crippen LogP contribution in [0.25, 0.3) is 10.8 Å². The highest BCUT2D eigenvalue weighted by Gasteiger charge is 2.08. The minimum Gasteiger partial charge on any atom is -0.488 e. The molecule has 0 aliphatic heterocycles. The molecule has 0 spiro atoms. The van der Waals surface area contributed by atoms with E-state index < -0.39 is 0 Å². The predicted molar refractivity (Wildman–Crippen MR) is 87.6 cm³/mol. The van der Waals surface area contributed by atoms with Gasteiger partial charge in [-0.1, -0.05) is 60.1 Å². The summed E-state index contributed by atoms with van der Waals surface area (Å²) < 4.78 is 5.94. The van der Waals surface area contributed by atoms with Crippen LogP contribution in [0.2, 0.25) is 5.02 Å². The molecular weight excluding hydrogens is 282 g/mol. The Morgan fingerprint density at radius 1 is 0.905 bits per heavy atom. The molecule has 0 heterocycles. The third-order valence-corrected chi connectivity index (χ3v) is 3.91. The van der Waals surface area contributed by atoms with Crippen molar-refractivity contribution >= 4 is 22.4 Å². The minimum atomic E-state index is 0.436. The van der Waals surface area contributed by atoms with E-state index in [2.05, 4.69) is 18.2 Å². The van der Waals surface area contributed by atoms with Crippen LogP contribution in [0.3, 0.4) is 0 Å². The zero-order valence-electron chi connectivity index (χ0n) is 11.6. The highest BCUT2D eigenvalue weighted by atomic mass is 35.5. The summed E-state index contributed by atoms with van der Waals surface area (Å²) in [6.07, 6.45) is 0. The van der Waals surface area contributed by atoms with E-state index in [1.807, 2.05) is 42.5 Å². The number of fused-ring (bicyclic) bond motifs is 1. The fourth-order valence-electron chi connectivity index (χ4n) is 2.43. The van der Waals surface area contributed by atoms with Gasteiger partial charge in [-0.15, -0.1) is 0 Å². The first kappa shape index (κ1) is 13.9. The van der Waals surface area contributed by atoms with Crippen LogP contribution in [0.1, 0.15) is 11.1 Å². The maximum Gasteiger partial charge on any atom is 0.124 e. The fraction of sp³-hybridized carbons (Fsp3) is 0.111. The summed E-state index contributed by atoms with van der Waals surface area (Å²) in [4.78, 5) is 0. The lowest BCUT2D eigenvalue weighted by atomic mass is 10.0. The molecule has 0 radical (unpaired) electrons. The second kappa shape index (κ2) is 6.17. The van der Waals surface area contributed by atoms with Gasteiger partial charge in [0.15, 0.2) is 0 Å². The van der Waals surface area contributed by atoms with Gasteiger partial charge in [-0.3, -0.25) is 0 Å². The molecule has 0 aliphatic rings. The van der Waals surface area contributed by atoms with E-state index in [0.717, 1.165) is 22.3 Å². The van der Waals surface area contributed by atoms with Crippen molar-refractivity contribution in [3.05, 3.63) is 76.8 Å². The number of halogens is 1. The first-order valence-electron chi connectivity index (χ1n) is 6.86. The molecule has 0 fully saturated rings. The molecule has 0 bridgehead atoms. The van der Waals surface area contributed by atoms with Crippen molar-refractivity contribution in [3.63, 3.8) is 0 Å². The first-order valence-corrected chi connectivity index (χ1v) is 7.24. The van der Waals surface area contributed by atoms with Crippen molar-refractivity contribution in [3.8, 4) is 5.75 Å². The lowest BCUT2D eigenvalue weighted by Crippen LogP contribution is -2.04. The van der Waals surface area contributed by atoms with Crippen LogP contribution in [0.15, 0.2) is 60.7 Å². The molecule has 3 heteroatoms. The maximum atomic E-state index is 6.15. The first-order chi connectivity index (χ1) is 10.3. The zero-order valence-corrected chi connectivity index (χ0v) is 12.3. The van der Waals surface area contributed by atoms with Gasteiger partial charge >= 0.3 is 0 Å². The highest BCUT2D eigenvalue weighted by Crippen LogP contribution is 2.29. The Labute approximate surface area is 129 Å². The van der Waals surface area contributed by atoms with E-state index in [1.54, 1.807) is 0 Å². The summed E-state index contributed by atoms with van der Waals surface area (Å²) in [6.45, 7) is 0.879. The number of ether oxygens (including phenoxy) is 1. The fourth-order valence-corrected chi connectivity index (χ4v) is 2.62. The second-order valence-electron chi connectivity index (χ2n) is 4.85. The Morgan fingerprint density at radius 2 is 1.67 bits per heavy atom. The Bertz CT molecular complexity index is 770. The van der Waals surface area contributed by atoms with Crippen molar-refractivity contribution in [2.24, 2.45) is 5.73 Å². The van der Waals surface area contributed by atoms with Crippen molar-refractivity contribution < 1.29 is 4.74 Å². The van der Waals surface area contributed by atoms with E-state index in [1.165, 1.54) is 5.39 Å². The van der Waals surface area contributed by atoms with Gasteiger partial charge < -0.3 is 10.5 Å². The molecule has 0 saturated carbocycles. The van der Waals surface area contributed by atoms with E-state index in [-0.39, 0.29) is 0 Å². The number of hydrogen-bond donors (Lipinski definition) is 1. The van der Waals surface area contributed by atoms with Gasteiger partial charge in [-0.05, 0) is 22.9 Å². The number of rotatable bonds is 4. The third-order valence-electron chi connectivity index (χ3n) is 3.54. The average Bonchev–Trinajstić information content (AvgIpc) is 2.53. The predicted octanol–water partition coefficient (Wildman–Crippen LogP) is 4.53. The van der Waals surface area contributed by atoms with Crippen molar-refractivity contribution in [1.29, 1.82) is 0 Å². The topological polar surface area (TPSA) is 35.2 Å². The van der Waals surface area contributed by atoms with Crippen LogP contribution in [-0.2, 0) is 13.2 Å². The summed E-state index contributed by atoms with van der Waals surface area (Å²) in [5.74, 6) is 0.816. The Kier molecular flexibility index (Phi) is 4.09. The summed E-state index contributed by atoms with van der Waals surface area (Å²) in [7, 11) is 0. The molecular formula is C18H16ClNO. The molecule has 0 saturated heterocycles. The molecule has 3 aromatic rings. The monoisotopic (exact) mass is 297 g/mol. The van der Waals surface area contributed by atoms with Gasteiger partial charge in [-0.25, -0.2) is 0 Å². The standard InChI is InChI=1S/C18H16ClNO/c19-17-8-4-2-6-14(17)12-21-18-10-9-13-5-1-3-7-15(13)16(18)11-20/h1-10H,11-12,20H2. The highest BCUT2D eigenvalue weighted by molar-refractivity contribution is 6.31. The van der Waals surface area contributed by atoms with Crippen LogP contribution in [-0.4, -0.2) is 0 Å². The van der Waals surface area contributed by atoms with Gasteiger partial charge in [0, 0.05) is 22.7 Å². The van der Waals surface area contributed by atoms with E-state index in [0.29, 0.717) is 18.2 Å². The molecule has 0 unspecified atom stereocenters. The lowest BCUT2D eigenvalue weighted by Gasteiger charge is -2.13. The molecule has 106 valence electrons. The summed E-state index contributed by atoms with van der Waals surface area (Å²) in [5, 5.41) is 3.02. The van der Waals surface area contributed by atoms with Gasteiger partial charge in [0.05, 0.1) is 0 Å². The smallest absolute Gasteiger partial charge is 0.124 e. The molecule has 3 rings (SSSR count). The normalized spacial score (nSPS) is 10.8. The van der Waals surface area contributed by atoms with E-state index in [4.69, 9.17) is 22.1 Å². The Hall–Kier alpha value is -2.03. The molecule has 0 atom stereocenters. The van der Waals surface area contributed by atoms with Crippen LogP contribution >= 0.6 is 11.6 Å². The Morgan fingerprint density at radius 3 is 2.48 bits per heavy atom. The molecule has 3 aromatic carbocycles. The van der Waals surface area contributed by atoms with Gasteiger partial charge in [0.25, 0.3) is 0 Å². The van der Waals surface area contributed by atoms with Gasteiger partial charge in [-0.2, -0.15) is 0 Å². The molecule has 2 nitrogen and oxygen atoms in total. The second-order valence-corrected chi connectivity index (χ2v) is 5.25. The van der Waals surface area contributed by atoms with Crippen LogP contribution in [0.5, 0.6) is 5.75 Å². The summed E-state index contributed by atoms with van der Waals surface area (Å²) >= 11 is 6.15. The maximum absolute atomic E-state index is 6.15. The van der Waals surface area contributed by atoms with E-state index in [9.17, 15) is 0 Å². The van der Waals surface area contributed by atoms with Crippen molar-refractivity contribution in [2.45, 2.75) is 13.2 Å². The SMILES string of the molecule is NCc1c(OCc2ccccc2Cl)ccc2ccccc12. The zero-order chi connectivity index (χ0) is 14.7. The lowest BCUT2D eigenvalue weighted by molar-refractivity contribution is 0.303. The summed E-state index contributed by atoms with van der Waals surface area (Å²) in [6, 6.07) is 19.9. The minimum absolute atomic E-state index is 0.436. The van der Waals surface area contributed by atoms with Crippen LogP contribution < -0.4 is 10.5 Å². The van der Waals surface area contributed by atoms with Crippen LogP contribution in [0.4, 0.5) is 0 Å². The van der Waals surface area contributed by atoms with Crippen molar-refractivity contribution in [2.75, 3.05) is 0 Å². The van der Waals surface area contributed by atoms with Crippen LogP contribution in [0, 0.1) is 0 Å². The van der Waals surface area contributed by atoms with Gasteiger partial charge in [0.2, 0.25) is 0 Å². The Balaban J connectivity index is 1.92. The molecule has 21 heavy (non-hydrogen) atoms. The molecule has 0 aromatic heterocycles. The molecule has 0 amide bonds. The quantitative estimate of drug-likeness (QED) is 0.768. The molecule has 0 aliphatic carbocycles. The number of benzene rings is 3. The van der Waals surface area contributed by atoms with E-state index >= 15 is 0 Å². The number of nitrogens with two attached hydrogens (primary N) is 1. The number of hydrogen-bond acceptors (Lipinski definition) is 2. The average molecular weight is 298 g/mol. The summed E-state index contributed by atoms with van der Waals surface area (Å²) in [5.41, 5.74) is 7.91. The van der Waals surface area contributed by atoms with Crippen molar-refractivity contribution in [1.82, 2.24) is 0 Å². The largest absolute Gasteiger partial charge is 0.488 e. The third kappa shape index (κ3) is 2.87.